The number of nitrogens with zero attached hydrogens (tertiary/aromatic N) is 2. The van der Waals surface area contributed by atoms with Gasteiger partial charge in [0.2, 0.25) is 0 Å². The van der Waals surface area contributed by atoms with Gasteiger partial charge in [-0.3, -0.25) is 0 Å². The zero-order chi connectivity index (χ0) is 19.8. The van der Waals surface area contributed by atoms with E-state index >= 15 is 4.39 Å². The summed E-state index contributed by atoms with van der Waals surface area (Å²) < 4.78 is 28.7. The molecule has 0 aliphatic carbocycles. The van der Waals surface area contributed by atoms with Gasteiger partial charge in [0.1, 0.15) is 5.73 Å². The largest absolute Gasteiger partial charge is 0.525 e. The number of benzene rings is 1. The van der Waals surface area contributed by atoms with Gasteiger partial charge in [-0.25, -0.2) is 14.2 Å². The average Bonchev–Trinajstić information content (AvgIpc) is 3.15. The minimum absolute atomic E-state index is 0.0974. The number of imidazole rings is 1. The molecule has 1 fully saturated rings. The Balaban J connectivity index is 1.99. The average molecular weight is 372 g/mol. The molecular formula is C19H22BFN2O4. The molecule has 6 nitrogen and oxygen atoms in total. The van der Waals surface area contributed by atoms with Crippen molar-refractivity contribution in [2.75, 3.05) is 0 Å². The van der Waals surface area contributed by atoms with E-state index in [9.17, 15) is 4.79 Å². The van der Waals surface area contributed by atoms with Gasteiger partial charge in [0.15, 0.2) is 5.69 Å². The van der Waals surface area contributed by atoms with E-state index in [1.165, 1.54) is 17.1 Å². The molecule has 1 aromatic heterocycles. The Morgan fingerprint density at radius 1 is 1.19 bits per heavy atom. The molecule has 1 aromatic carbocycles. The minimum Gasteiger partial charge on any atom is -0.476 e. The number of hydrogen-bond acceptors (Lipinski definition) is 4. The van der Waals surface area contributed by atoms with Crippen LogP contribution in [0, 0.1) is 0 Å². The molecule has 8 heteroatoms. The third-order valence-electron chi connectivity index (χ3n) is 5.06. The predicted molar refractivity (Wildman–Crippen MR) is 99.7 cm³/mol. The maximum Gasteiger partial charge on any atom is 0.525 e. The molecule has 0 bridgehead atoms. The summed E-state index contributed by atoms with van der Waals surface area (Å²) >= 11 is 0. The third-order valence-corrected chi connectivity index (χ3v) is 5.06. The summed E-state index contributed by atoms with van der Waals surface area (Å²) in [6.45, 7) is 7.53. The summed E-state index contributed by atoms with van der Waals surface area (Å²) in [5.74, 6) is -1.13. The molecule has 1 aliphatic rings. The molecule has 0 unspecified atom stereocenters. The summed E-state index contributed by atoms with van der Waals surface area (Å²) in [6.07, 6.45) is 2.73. The molecule has 3 rings (SSSR count). The van der Waals surface area contributed by atoms with Crippen LogP contribution in [0.4, 0.5) is 4.39 Å². The molecule has 27 heavy (non-hydrogen) atoms. The zero-order valence-electron chi connectivity index (χ0n) is 15.8. The standard InChI is InChI=1S/C19H22BFN2O4/c1-18(2)19(3,4)27-20(26-18)16(21)14(13-8-6-5-7-9-13)10-23-11-15(17(24)25)22-12-23/h5-9,11-12H,10H2,1-4H3,(H,24,25). The highest BCUT2D eigenvalue weighted by Crippen LogP contribution is 2.40. The number of rotatable bonds is 5. The van der Waals surface area contributed by atoms with Gasteiger partial charge in [-0.15, -0.1) is 0 Å². The van der Waals surface area contributed by atoms with E-state index in [4.69, 9.17) is 14.4 Å². The van der Waals surface area contributed by atoms with Crippen molar-refractivity contribution in [2.45, 2.75) is 45.4 Å². The number of halogens is 1. The highest BCUT2D eigenvalue weighted by molar-refractivity contribution is 6.55. The molecule has 2 heterocycles. The first-order valence-corrected chi connectivity index (χ1v) is 8.65. The number of carboxylic acid groups (broad SMARTS) is 1. The topological polar surface area (TPSA) is 73.6 Å². The molecule has 1 N–H and O–H groups in total. The van der Waals surface area contributed by atoms with Crippen molar-refractivity contribution in [1.29, 1.82) is 0 Å². The lowest BCUT2D eigenvalue weighted by molar-refractivity contribution is 0.00578. The van der Waals surface area contributed by atoms with E-state index in [-0.39, 0.29) is 12.2 Å². The highest BCUT2D eigenvalue weighted by Gasteiger charge is 2.53. The second-order valence-corrected chi connectivity index (χ2v) is 7.52. The van der Waals surface area contributed by atoms with Gasteiger partial charge < -0.3 is 19.0 Å². The van der Waals surface area contributed by atoms with Crippen LogP contribution in [-0.2, 0) is 15.9 Å². The molecule has 0 radical (unpaired) electrons. The molecule has 2 aromatic rings. The van der Waals surface area contributed by atoms with Crippen LogP contribution in [0.25, 0.3) is 5.57 Å². The quantitative estimate of drug-likeness (QED) is 0.812. The van der Waals surface area contributed by atoms with Crippen molar-refractivity contribution in [2.24, 2.45) is 0 Å². The van der Waals surface area contributed by atoms with Gasteiger partial charge in [-0.2, -0.15) is 0 Å². The maximum absolute atomic E-state index is 15.5. The molecule has 0 amide bonds. The molecular weight excluding hydrogens is 350 g/mol. The minimum atomic E-state index is -1.13. The van der Waals surface area contributed by atoms with Gasteiger partial charge in [0.05, 0.1) is 24.1 Å². The number of allylic oxidation sites excluding steroid dienone is 1. The van der Waals surface area contributed by atoms with Crippen LogP contribution in [0.15, 0.2) is 48.6 Å². The van der Waals surface area contributed by atoms with Crippen LogP contribution in [0.3, 0.4) is 0 Å². The molecule has 0 spiro atoms. The maximum atomic E-state index is 15.5. The lowest BCUT2D eigenvalue weighted by Gasteiger charge is -2.32. The molecule has 142 valence electrons. The Morgan fingerprint density at radius 2 is 1.78 bits per heavy atom. The lowest BCUT2D eigenvalue weighted by Crippen LogP contribution is -2.41. The van der Waals surface area contributed by atoms with Crippen LogP contribution in [0.1, 0.15) is 43.7 Å². The van der Waals surface area contributed by atoms with Crippen molar-refractivity contribution in [3.63, 3.8) is 0 Å². The third kappa shape index (κ3) is 3.82. The summed E-state index contributed by atoms with van der Waals surface area (Å²) in [5.41, 5.74) is -0.951. The fraction of sp³-hybridized carbons (Fsp3) is 0.368. The normalized spacial score (nSPS) is 19.1. The molecule has 0 atom stereocenters. The predicted octanol–water partition coefficient (Wildman–Crippen LogP) is 3.59. The Labute approximate surface area is 157 Å². The van der Waals surface area contributed by atoms with E-state index in [0.29, 0.717) is 11.1 Å². The van der Waals surface area contributed by atoms with Crippen molar-refractivity contribution in [3.05, 3.63) is 59.8 Å². The Hall–Kier alpha value is -2.45. The van der Waals surface area contributed by atoms with Crippen LogP contribution < -0.4 is 0 Å². The SMILES string of the molecule is CC1(C)OB(C(F)=C(Cn2cnc(C(=O)O)c2)c2ccccc2)OC1(C)C. The number of hydrogen-bond donors (Lipinski definition) is 1. The zero-order valence-corrected chi connectivity index (χ0v) is 15.8. The van der Waals surface area contributed by atoms with Crippen LogP contribution >= 0.6 is 0 Å². The first-order valence-electron chi connectivity index (χ1n) is 8.65. The summed E-state index contributed by atoms with van der Waals surface area (Å²) in [5, 5.41) is 9.04. The summed E-state index contributed by atoms with van der Waals surface area (Å²) in [6, 6.07) is 9.03. The van der Waals surface area contributed by atoms with E-state index in [2.05, 4.69) is 4.98 Å². The second-order valence-electron chi connectivity index (χ2n) is 7.52. The summed E-state index contributed by atoms with van der Waals surface area (Å²) in [4.78, 5) is 14.9. The van der Waals surface area contributed by atoms with Crippen LogP contribution in [0.2, 0.25) is 0 Å². The van der Waals surface area contributed by atoms with Crippen molar-refractivity contribution < 1.29 is 23.6 Å². The van der Waals surface area contributed by atoms with Gasteiger partial charge in [0, 0.05) is 11.8 Å². The molecule has 0 saturated carbocycles. The highest BCUT2D eigenvalue weighted by atomic mass is 19.1. The van der Waals surface area contributed by atoms with E-state index in [0.717, 1.165) is 0 Å². The smallest absolute Gasteiger partial charge is 0.476 e. The van der Waals surface area contributed by atoms with Crippen molar-refractivity contribution in [1.82, 2.24) is 9.55 Å². The van der Waals surface area contributed by atoms with Gasteiger partial charge in [-0.05, 0) is 33.3 Å². The first kappa shape index (κ1) is 19.3. The van der Waals surface area contributed by atoms with E-state index in [1.807, 2.05) is 45.9 Å². The second kappa shape index (κ2) is 6.94. The molecule has 1 saturated heterocycles. The Morgan fingerprint density at radius 3 is 2.30 bits per heavy atom. The number of aromatic carboxylic acids is 1. The van der Waals surface area contributed by atoms with E-state index in [1.54, 1.807) is 12.1 Å². The van der Waals surface area contributed by atoms with Crippen LogP contribution in [-0.4, -0.2) is 38.9 Å². The van der Waals surface area contributed by atoms with Crippen molar-refractivity contribution >= 4 is 18.7 Å². The number of carbonyl (C=O) groups is 1. The monoisotopic (exact) mass is 372 g/mol. The lowest BCUT2D eigenvalue weighted by atomic mass is 9.82. The Kier molecular flexibility index (Phi) is 4.97. The van der Waals surface area contributed by atoms with Gasteiger partial charge in [-0.1, -0.05) is 30.3 Å². The van der Waals surface area contributed by atoms with E-state index < -0.39 is 30.0 Å². The fourth-order valence-corrected chi connectivity index (χ4v) is 2.77. The first-order chi connectivity index (χ1) is 12.6. The number of carboxylic acids is 1. The van der Waals surface area contributed by atoms with Crippen LogP contribution in [0.5, 0.6) is 0 Å². The molecule has 1 aliphatic heterocycles. The van der Waals surface area contributed by atoms with Crippen molar-refractivity contribution in [3.8, 4) is 0 Å². The fourth-order valence-electron chi connectivity index (χ4n) is 2.77. The van der Waals surface area contributed by atoms with Gasteiger partial charge in [0.25, 0.3) is 0 Å². The summed E-state index contributed by atoms with van der Waals surface area (Å²) in [7, 11) is -1.13. The van der Waals surface area contributed by atoms with Gasteiger partial charge >= 0.3 is 13.1 Å². The number of aromatic nitrogens is 2. The Bertz CT molecular complexity index is 861.